The molecule has 0 aliphatic heterocycles. The van der Waals surface area contributed by atoms with Crippen molar-refractivity contribution in [1.82, 2.24) is 20.6 Å². The van der Waals surface area contributed by atoms with Crippen molar-refractivity contribution >= 4 is 22.6 Å². The maximum absolute atomic E-state index is 12.6. The predicted octanol–water partition coefficient (Wildman–Crippen LogP) is 1.96. The minimum absolute atomic E-state index is 0.0743. The van der Waals surface area contributed by atoms with Gasteiger partial charge in [-0.05, 0) is 32.0 Å². The number of fused-ring (bicyclic) bond motifs is 1. The fraction of sp³-hybridized carbons (Fsp3) is 0.263. The minimum Gasteiger partial charge on any atom is -0.469 e. The van der Waals surface area contributed by atoms with Crippen LogP contribution in [0.3, 0.4) is 0 Å². The lowest BCUT2D eigenvalue weighted by Gasteiger charge is -2.13. The zero-order chi connectivity index (χ0) is 19.4. The molecule has 0 saturated heterocycles. The number of nitrogens with one attached hydrogen (secondary N) is 2. The summed E-state index contributed by atoms with van der Waals surface area (Å²) in [5.41, 5.74) is 4.53. The van der Waals surface area contributed by atoms with Crippen LogP contribution >= 0.6 is 0 Å². The smallest absolute Gasteiger partial charge is 0.290 e. The van der Waals surface area contributed by atoms with Crippen LogP contribution in [0, 0.1) is 0 Å². The van der Waals surface area contributed by atoms with E-state index in [-0.39, 0.29) is 29.6 Å². The number of aryl methyl sites for hydroxylation is 1. The van der Waals surface area contributed by atoms with E-state index in [1.807, 2.05) is 0 Å². The third kappa shape index (κ3) is 4.05. The van der Waals surface area contributed by atoms with Crippen LogP contribution in [0.4, 0.5) is 0 Å². The van der Waals surface area contributed by atoms with Crippen LogP contribution in [0.5, 0.6) is 0 Å². The Morgan fingerprint density at radius 1 is 1.11 bits per heavy atom. The maximum Gasteiger partial charge on any atom is 0.290 e. The van der Waals surface area contributed by atoms with Gasteiger partial charge in [0.25, 0.3) is 11.5 Å². The first-order chi connectivity index (χ1) is 13.0. The molecule has 0 fully saturated rings. The number of carbonyl (C=O) groups is 2. The fourth-order valence-electron chi connectivity index (χ4n) is 2.66. The van der Waals surface area contributed by atoms with Crippen molar-refractivity contribution in [2.24, 2.45) is 0 Å². The molecule has 140 valence electrons. The van der Waals surface area contributed by atoms with Gasteiger partial charge in [0.05, 0.1) is 17.7 Å². The Morgan fingerprint density at radius 3 is 2.52 bits per heavy atom. The van der Waals surface area contributed by atoms with Crippen LogP contribution in [0.25, 0.3) is 10.8 Å². The molecule has 0 atom stereocenters. The molecule has 2 amide bonds. The number of hydrazine groups is 1. The van der Waals surface area contributed by atoms with Crippen molar-refractivity contribution in [3.8, 4) is 0 Å². The van der Waals surface area contributed by atoms with Crippen LogP contribution in [-0.4, -0.2) is 21.6 Å². The third-order valence-electron chi connectivity index (χ3n) is 4.03. The molecule has 0 spiro atoms. The molecule has 1 aromatic carbocycles. The number of amides is 2. The van der Waals surface area contributed by atoms with E-state index < -0.39 is 5.91 Å². The van der Waals surface area contributed by atoms with E-state index in [1.165, 1.54) is 10.9 Å². The number of aromatic nitrogens is 2. The minimum atomic E-state index is -0.591. The summed E-state index contributed by atoms with van der Waals surface area (Å²) >= 11 is 0. The van der Waals surface area contributed by atoms with E-state index in [2.05, 4.69) is 16.0 Å². The molecular formula is C19H20N4O4. The van der Waals surface area contributed by atoms with Gasteiger partial charge in [-0.25, -0.2) is 4.68 Å². The summed E-state index contributed by atoms with van der Waals surface area (Å²) in [5, 5.41) is 5.02. The van der Waals surface area contributed by atoms with Crippen molar-refractivity contribution in [2.45, 2.75) is 32.7 Å². The zero-order valence-corrected chi connectivity index (χ0v) is 15.1. The number of carbonyl (C=O) groups excluding carboxylic acids is 2. The lowest BCUT2D eigenvalue weighted by Crippen LogP contribution is -2.43. The number of furan rings is 1. The standard InChI is InChI=1S/C19H20N4O4/c1-12(2)23-19(26)15-8-4-3-7-14(15)17(22-23)18(25)21-20-16(24)10-9-13-6-5-11-27-13/h3-8,11-12H,9-10H2,1-2H3,(H,20,24)(H,21,25). The predicted molar refractivity (Wildman–Crippen MR) is 99.0 cm³/mol. The zero-order valence-electron chi connectivity index (χ0n) is 15.1. The van der Waals surface area contributed by atoms with Gasteiger partial charge in [-0.1, -0.05) is 18.2 Å². The average Bonchev–Trinajstić information content (AvgIpc) is 3.18. The van der Waals surface area contributed by atoms with E-state index in [9.17, 15) is 14.4 Å². The Bertz CT molecular complexity index is 1020. The summed E-state index contributed by atoms with van der Waals surface area (Å²) in [6.07, 6.45) is 2.12. The van der Waals surface area contributed by atoms with Crippen molar-refractivity contribution in [2.75, 3.05) is 0 Å². The van der Waals surface area contributed by atoms with Crippen LogP contribution in [-0.2, 0) is 11.2 Å². The normalized spacial score (nSPS) is 10.9. The summed E-state index contributed by atoms with van der Waals surface area (Å²) in [5.74, 6) is -0.263. The fourth-order valence-corrected chi connectivity index (χ4v) is 2.66. The quantitative estimate of drug-likeness (QED) is 0.670. The highest BCUT2D eigenvalue weighted by atomic mass is 16.3. The molecule has 3 aromatic rings. The SMILES string of the molecule is CC(C)n1nc(C(=O)NNC(=O)CCc2ccco2)c2ccccc2c1=O. The van der Waals surface area contributed by atoms with E-state index >= 15 is 0 Å². The summed E-state index contributed by atoms with van der Waals surface area (Å²) in [7, 11) is 0. The Labute approximate surface area is 155 Å². The lowest BCUT2D eigenvalue weighted by atomic mass is 10.1. The van der Waals surface area contributed by atoms with Crippen LogP contribution in [0.2, 0.25) is 0 Å². The molecule has 8 nitrogen and oxygen atoms in total. The molecule has 0 aliphatic rings. The van der Waals surface area contributed by atoms with Gasteiger partial charge in [-0.15, -0.1) is 0 Å². The summed E-state index contributed by atoms with van der Waals surface area (Å²) < 4.78 is 6.42. The molecular weight excluding hydrogens is 348 g/mol. The van der Waals surface area contributed by atoms with Crippen LogP contribution < -0.4 is 16.4 Å². The molecule has 0 radical (unpaired) electrons. The second-order valence-corrected chi connectivity index (χ2v) is 6.32. The Kier molecular flexibility index (Phi) is 5.35. The summed E-state index contributed by atoms with van der Waals surface area (Å²) in [4.78, 5) is 37.0. The van der Waals surface area contributed by atoms with Crippen LogP contribution in [0.1, 0.15) is 42.6 Å². The molecule has 2 aromatic heterocycles. The van der Waals surface area contributed by atoms with E-state index in [4.69, 9.17) is 4.42 Å². The first-order valence-electron chi connectivity index (χ1n) is 8.60. The second-order valence-electron chi connectivity index (χ2n) is 6.32. The van der Waals surface area contributed by atoms with Gasteiger partial charge in [0, 0.05) is 18.2 Å². The van der Waals surface area contributed by atoms with Gasteiger partial charge in [-0.2, -0.15) is 5.10 Å². The largest absolute Gasteiger partial charge is 0.469 e. The van der Waals surface area contributed by atoms with E-state index in [1.54, 1.807) is 50.2 Å². The topological polar surface area (TPSA) is 106 Å². The molecule has 3 rings (SSSR count). The first-order valence-corrected chi connectivity index (χ1v) is 8.60. The molecule has 0 unspecified atom stereocenters. The van der Waals surface area contributed by atoms with E-state index in [0.717, 1.165) is 0 Å². The average molecular weight is 368 g/mol. The highest BCUT2D eigenvalue weighted by Crippen LogP contribution is 2.14. The Hall–Kier alpha value is -3.42. The molecule has 0 aliphatic carbocycles. The highest BCUT2D eigenvalue weighted by molar-refractivity contribution is 6.05. The van der Waals surface area contributed by atoms with Crippen molar-refractivity contribution < 1.29 is 14.0 Å². The van der Waals surface area contributed by atoms with Gasteiger partial charge in [0.15, 0.2) is 5.69 Å². The molecule has 0 bridgehead atoms. The molecule has 27 heavy (non-hydrogen) atoms. The summed E-state index contributed by atoms with van der Waals surface area (Å²) in [6, 6.07) is 10.1. The Balaban J connectivity index is 1.76. The lowest BCUT2D eigenvalue weighted by molar-refractivity contribution is -0.121. The molecule has 2 heterocycles. The number of hydrogen-bond donors (Lipinski definition) is 2. The van der Waals surface area contributed by atoms with Crippen molar-refractivity contribution in [3.05, 3.63) is 64.5 Å². The number of hydrogen-bond acceptors (Lipinski definition) is 5. The monoisotopic (exact) mass is 368 g/mol. The molecule has 2 N–H and O–H groups in total. The molecule has 0 saturated carbocycles. The maximum atomic E-state index is 12.6. The van der Waals surface area contributed by atoms with E-state index in [0.29, 0.717) is 23.0 Å². The number of nitrogens with zero attached hydrogens (tertiary/aromatic N) is 2. The van der Waals surface area contributed by atoms with Crippen LogP contribution in [0.15, 0.2) is 51.9 Å². The highest BCUT2D eigenvalue weighted by Gasteiger charge is 2.18. The van der Waals surface area contributed by atoms with Crippen molar-refractivity contribution in [3.63, 3.8) is 0 Å². The van der Waals surface area contributed by atoms with Crippen molar-refractivity contribution in [1.29, 1.82) is 0 Å². The Morgan fingerprint density at radius 2 is 1.85 bits per heavy atom. The van der Waals surface area contributed by atoms with Gasteiger partial charge in [0.2, 0.25) is 5.91 Å². The molecule has 8 heteroatoms. The third-order valence-corrected chi connectivity index (χ3v) is 4.03. The number of benzene rings is 1. The van der Waals surface area contributed by atoms with Gasteiger partial charge >= 0.3 is 0 Å². The van der Waals surface area contributed by atoms with Gasteiger partial charge in [-0.3, -0.25) is 25.2 Å². The van der Waals surface area contributed by atoms with Gasteiger partial charge < -0.3 is 4.42 Å². The second kappa shape index (κ2) is 7.86. The van der Waals surface area contributed by atoms with Gasteiger partial charge in [0.1, 0.15) is 5.76 Å². The summed E-state index contributed by atoms with van der Waals surface area (Å²) in [6.45, 7) is 3.61. The first kappa shape index (κ1) is 18.4. The number of rotatable bonds is 5.